The number of rotatable bonds is 4. The fourth-order valence-corrected chi connectivity index (χ4v) is 3.16. The van der Waals surface area contributed by atoms with Crippen molar-refractivity contribution in [2.75, 3.05) is 27.0 Å². The molecule has 1 heterocycles. The maximum absolute atomic E-state index is 11.8. The van der Waals surface area contributed by atoms with Gasteiger partial charge in [0.25, 0.3) is 5.91 Å². The molecule has 0 aliphatic heterocycles. The van der Waals surface area contributed by atoms with Crippen molar-refractivity contribution in [3.05, 3.63) is 27.0 Å². The molecule has 2 aromatic rings. The summed E-state index contributed by atoms with van der Waals surface area (Å²) in [5.74, 6) is 1.23. The summed E-state index contributed by atoms with van der Waals surface area (Å²) in [5.41, 5.74) is 6.73. The Morgan fingerprint density at radius 1 is 1.38 bits per heavy atom. The third kappa shape index (κ3) is 2.72. The van der Waals surface area contributed by atoms with E-state index in [4.69, 9.17) is 27.4 Å². The maximum Gasteiger partial charge on any atom is 0.264 e. The molecule has 112 valence electrons. The van der Waals surface area contributed by atoms with E-state index in [0.717, 1.165) is 11.3 Å². The van der Waals surface area contributed by atoms with E-state index in [9.17, 15) is 4.79 Å². The number of nitrogens with two attached hydrogens (primary N) is 1. The van der Waals surface area contributed by atoms with E-state index in [1.54, 1.807) is 44.0 Å². The first kappa shape index (κ1) is 15.3. The average Bonchev–Trinajstić information content (AvgIpc) is 2.80. The molecule has 0 saturated heterocycles. The van der Waals surface area contributed by atoms with Crippen LogP contribution in [0.1, 0.15) is 9.67 Å². The number of nitrogens with zero attached hydrogens (tertiary/aromatic N) is 1. The summed E-state index contributed by atoms with van der Waals surface area (Å²) in [7, 11) is 4.66. The van der Waals surface area contributed by atoms with Gasteiger partial charge in [-0.3, -0.25) is 9.36 Å². The summed E-state index contributed by atoms with van der Waals surface area (Å²) in [6, 6.07) is 5.29. The lowest BCUT2D eigenvalue weighted by atomic mass is 10.2. The predicted molar refractivity (Wildman–Crippen MR) is 85.4 cm³/mol. The van der Waals surface area contributed by atoms with Gasteiger partial charge in [0.05, 0.1) is 19.9 Å². The minimum atomic E-state index is -0.269. The molecule has 6 nitrogen and oxygen atoms in total. The van der Waals surface area contributed by atoms with Gasteiger partial charge in [-0.05, 0) is 24.4 Å². The molecule has 3 N–H and O–H groups in total. The molecule has 0 aliphatic carbocycles. The molecular formula is C13H15N3O3S2. The topological polar surface area (TPSA) is 78.5 Å². The normalized spacial score (nSPS) is 10.2. The number of aromatic nitrogens is 1. The molecule has 0 radical (unpaired) electrons. The smallest absolute Gasteiger partial charge is 0.264 e. The Morgan fingerprint density at radius 3 is 2.67 bits per heavy atom. The van der Waals surface area contributed by atoms with Crippen molar-refractivity contribution in [3.8, 4) is 17.2 Å². The van der Waals surface area contributed by atoms with Crippen LogP contribution in [-0.2, 0) is 0 Å². The second kappa shape index (κ2) is 6.15. The van der Waals surface area contributed by atoms with Crippen LogP contribution in [0, 0.1) is 3.95 Å². The lowest BCUT2D eigenvalue weighted by Gasteiger charge is -2.12. The number of ether oxygens (including phenoxy) is 2. The number of hydrogen-bond donors (Lipinski definition) is 2. The summed E-state index contributed by atoms with van der Waals surface area (Å²) in [5, 5.41) is 2.54. The third-order valence-corrected chi connectivity index (χ3v) is 4.29. The second-order valence-corrected chi connectivity index (χ2v) is 5.68. The first-order valence-electron chi connectivity index (χ1n) is 5.99. The molecule has 2 rings (SSSR count). The molecule has 1 amide bonds. The minimum Gasteiger partial charge on any atom is -0.497 e. The average molecular weight is 325 g/mol. The van der Waals surface area contributed by atoms with E-state index in [-0.39, 0.29) is 11.7 Å². The van der Waals surface area contributed by atoms with Gasteiger partial charge in [0.2, 0.25) is 0 Å². The van der Waals surface area contributed by atoms with Crippen LogP contribution in [0.4, 0.5) is 5.82 Å². The molecule has 0 fully saturated rings. The molecule has 0 spiro atoms. The SMILES string of the molecule is CNC(=O)c1sc(=S)n(-c2ccc(OC)cc2OC)c1N. The van der Waals surface area contributed by atoms with E-state index in [1.165, 1.54) is 0 Å². The Hall–Kier alpha value is -2.06. The number of carbonyl (C=O) groups is 1. The van der Waals surface area contributed by atoms with Crippen LogP contribution >= 0.6 is 23.6 Å². The van der Waals surface area contributed by atoms with Gasteiger partial charge in [0.15, 0.2) is 3.95 Å². The number of amides is 1. The quantitative estimate of drug-likeness (QED) is 0.843. The highest BCUT2D eigenvalue weighted by Gasteiger charge is 2.19. The number of methoxy groups -OCH3 is 2. The largest absolute Gasteiger partial charge is 0.497 e. The zero-order valence-electron chi connectivity index (χ0n) is 11.8. The van der Waals surface area contributed by atoms with Gasteiger partial charge in [0, 0.05) is 13.1 Å². The lowest BCUT2D eigenvalue weighted by Crippen LogP contribution is -2.18. The van der Waals surface area contributed by atoms with Gasteiger partial charge in [-0.25, -0.2) is 0 Å². The number of thiazole rings is 1. The maximum atomic E-state index is 11.8. The predicted octanol–water partition coefficient (Wildman–Crippen LogP) is 2.23. The van der Waals surface area contributed by atoms with Gasteiger partial charge >= 0.3 is 0 Å². The summed E-state index contributed by atoms with van der Waals surface area (Å²) < 4.78 is 12.6. The number of carbonyl (C=O) groups excluding carboxylic acids is 1. The summed E-state index contributed by atoms with van der Waals surface area (Å²) in [6.45, 7) is 0. The number of hydrogen-bond acceptors (Lipinski definition) is 6. The standard InChI is InChI=1S/C13H15N3O3S2/c1-15-12(17)10-11(14)16(13(20)21-10)8-5-4-7(18-2)6-9(8)19-3/h4-6H,14H2,1-3H3,(H,15,17). The van der Waals surface area contributed by atoms with Crippen molar-refractivity contribution in [1.29, 1.82) is 0 Å². The Kier molecular flexibility index (Phi) is 4.49. The number of benzene rings is 1. The highest BCUT2D eigenvalue weighted by molar-refractivity contribution is 7.73. The van der Waals surface area contributed by atoms with Crippen molar-refractivity contribution in [2.24, 2.45) is 0 Å². The Bertz CT molecular complexity index is 737. The van der Waals surface area contributed by atoms with Gasteiger partial charge in [-0.2, -0.15) is 0 Å². The fourth-order valence-electron chi connectivity index (χ4n) is 1.86. The monoisotopic (exact) mass is 325 g/mol. The highest BCUT2D eigenvalue weighted by atomic mass is 32.1. The lowest BCUT2D eigenvalue weighted by molar-refractivity contribution is 0.0967. The van der Waals surface area contributed by atoms with Crippen LogP contribution in [0.25, 0.3) is 5.69 Å². The van der Waals surface area contributed by atoms with Gasteiger partial charge < -0.3 is 20.5 Å². The Morgan fingerprint density at radius 2 is 2.10 bits per heavy atom. The Labute approximate surface area is 131 Å². The highest BCUT2D eigenvalue weighted by Crippen LogP contribution is 2.33. The first-order chi connectivity index (χ1) is 10.0. The minimum absolute atomic E-state index is 0.269. The van der Waals surface area contributed by atoms with Gasteiger partial charge in [-0.15, -0.1) is 0 Å². The molecule has 0 unspecified atom stereocenters. The van der Waals surface area contributed by atoms with Crippen LogP contribution in [-0.4, -0.2) is 31.7 Å². The van der Waals surface area contributed by atoms with E-state index >= 15 is 0 Å². The number of anilines is 1. The summed E-state index contributed by atoms with van der Waals surface area (Å²) >= 11 is 6.46. The number of nitrogens with one attached hydrogen (secondary N) is 1. The summed E-state index contributed by atoms with van der Waals surface area (Å²) in [6.07, 6.45) is 0. The molecule has 8 heteroatoms. The molecule has 1 aromatic carbocycles. The molecule has 21 heavy (non-hydrogen) atoms. The van der Waals surface area contributed by atoms with E-state index in [0.29, 0.717) is 26.0 Å². The van der Waals surface area contributed by atoms with Crippen molar-refractivity contribution in [1.82, 2.24) is 9.88 Å². The molecule has 0 atom stereocenters. The van der Waals surface area contributed by atoms with Crippen molar-refractivity contribution >= 4 is 35.3 Å². The molecular weight excluding hydrogens is 310 g/mol. The van der Waals surface area contributed by atoms with Crippen molar-refractivity contribution < 1.29 is 14.3 Å². The Balaban J connectivity index is 2.65. The fraction of sp³-hybridized carbons (Fsp3) is 0.231. The zero-order valence-corrected chi connectivity index (χ0v) is 13.4. The van der Waals surface area contributed by atoms with Crippen LogP contribution in [0.2, 0.25) is 0 Å². The van der Waals surface area contributed by atoms with Crippen LogP contribution in [0.15, 0.2) is 18.2 Å². The molecule has 1 aromatic heterocycles. The first-order valence-corrected chi connectivity index (χ1v) is 7.21. The zero-order chi connectivity index (χ0) is 15.6. The van der Waals surface area contributed by atoms with E-state index in [2.05, 4.69) is 5.32 Å². The van der Waals surface area contributed by atoms with Crippen molar-refractivity contribution in [3.63, 3.8) is 0 Å². The van der Waals surface area contributed by atoms with Crippen LogP contribution in [0.3, 0.4) is 0 Å². The van der Waals surface area contributed by atoms with E-state index in [1.807, 2.05) is 0 Å². The van der Waals surface area contributed by atoms with Gasteiger partial charge in [0.1, 0.15) is 22.2 Å². The van der Waals surface area contributed by atoms with E-state index < -0.39 is 0 Å². The van der Waals surface area contributed by atoms with Crippen molar-refractivity contribution in [2.45, 2.75) is 0 Å². The van der Waals surface area contributed by atoms with Gasteiger partial charge in [-0.1, -0.05) is 11.3 Å². The molecule has 0 bridgehead atoms. The van der Waals surface area contributed by atoms with Crippen LogP contribution in [0.5, 0.6) is 11.5 Å². The molecule has 0 aliphatic rings. The second-order valence-electron chi connectivity index (χ2n) is 4.03. The van der Waals surface area contributed by atoms with Crippen LogP contribution < -0.4 is 20.5 Å². The molecule has 0 saturated carbocycles. The third-order valence-electron chi connectivity index (χ3n) is 2.91. The number of nitrogen functional groups attached to an aromatic ring is 1. The summed E-state index contributed by atoms with van der Waals surface area (Å²) in [4.78, 5) is 12.2.